The lowest BCUT2D eigenvalue weighted by atomic mass is 10.0. The Hall–Kier alpha value is -2.46. The van der Waals surface area contributed by atoms with E-state index < -0.39 is 97.5 Å². The molecule has 3 N–H and O–H groups in total. The average molecular weight is 1360 g/mol. The fraction of sp³-hybridized carbons (Fsp3) is 0.892. The highest BCUT2D eigenvalue weighted by Crippen LogP contribution is 2.45. The molecule has 0 aromatic rings. The van der Waals surface area contributed by atoms with E-state index in [1.54, 1.807) is 0 Å². The van der Waals surface area contributed by atoms with Crippen molar-refractivity contribution in [1.82, 2.24) is 0 Å². The molecule has 0 aliphatic rings. The highest BCUT2D eigenvalue weighted by molar-refractivity contribution is 7.47. The first-order valence-electron chi connectivity index (χ1n) is 37.7. The summed E-state index contributed by atoms with van der Waals surface area (Å²) in [5.41, 5.74) is 0. The number of hydrogen-bond acceptors (Lipinski definition) is 15. The Bertz CT molecular complexity index is 1910. The van der Waals surface area contributed by atoms with Gasteiger partial charge in [-0.1, -0.05) is 297 Å². The molecule has 0 saturated heterocycles. The quantitative estimate of drug-likeness (QED) is 0.0169. The van der Waals surface area contributed by atoms with Crippen molar-refractivity contribution in [2.75, 3.05) is 39.6 Å². The molecule has 0 rings (SSSR count). The Balaban J connectivity index is 5.20. The molecular formula is C74H140O17P2. The van der Waals surface area contributed by atoms with Crippen LogP contribution in [0.3, 0.4) is 0 Å². The Morgan fingerprint density at radius 2 is 0.581 bits per heavy atom. The molecule has 5 atom stereocenters. The van der Waals surface area contributed by atoms with Gasteiger partial charge in [0.25, 0.3) is 0 Å². The lowest BCUT2D eigenvalue weighted by Crippen LogP contribution is -2.30. The van der Waals surface area contributed by atoms with Crippen molar-refractivity contribution in [3.63, 3.8) is 0 Å². The molecule has 0 spiro atoms. The summed E-state index contributed by atoms with van der Waals surface area (Å²) in [6, 6.07) is 0. The summed E-state index contributed by atoms with van der Waals surface area (Å²) < 4.78 is 68.3. The number of aliphatic hydroxyl groups is 1. The fourth-order valence-corrected chi connectivity index (χ4v) is 12.3. The maximum absolute atomic E-state index is 13.0. The third-order valence-electron chi connectivity index (χ3n) is 16.5. The molecule has 19 heteroatoms. The van der Waals surface area contributed by atoms with Gasteiger partial charge in [-0.15, -0.1) is 0 Å². The number of esters is 4. The first-order valence-corrected chi connectivity index (χ1v) is 40.7. The van der Waals surface area contributed by atoms with Crippen LogP contribution in [0.15, 0.2) is 24.3 Å². The van der Waals surface area contributed by atoms with Crippen molar-refractivity contribution >= 4 is 39.5 Å². The van der Waals surface area contributed by atoms with Crippen LogP contribution in [0.5, 0.6) is 0 Å². The van der Waals surface area contributed by atoms with Crippen molar-refractivity contribution in [2.24, 2.45) is 17.8 Å². The second kappa shape index (κ2) is 64.2. The van der Waals surface area contributed by atoms with Crippen LogP contribution in [-0.2, 0) is 65.4 Å². The second-order valence-electron chi connectivity index (χ2n) is 27.4. The molecule has 0 bridgehead atoms. The Morgan fingerprint density at radius 3 is 0.871 bits per heavy atom. The zero-order valence-corrected chi connectivity index (χ0v) is 62.0. The zero-order chi connectivity index (χ0) is 68.7. The van der Waals surface area contributed by atoms with Gasteiger partial charge in [0.15, 0.2) is 12.2 Å². The minimum atomic E-state index is -4.96. The van der Waals surface area contributed by atoms with Crippen molar-refractivity contribution in [2.45, 2.75) is 369 Å². The molecule has 0 saturated carbocycles. The first-order chi connectivity index (χ1) is 44.7. The molecule has 3 unspecified atom stereocenters. The van der Waals surface area contributed by atoms with Crippen LogP contribution in [0.1, 0.15) is 350 Å². The van der Waals surface area contributed by atoms with E-state index in [-0.39, 0.29) is 25.7 Å². The largest absolute Gasteiger partial charge is 0.472 e. The van der Waals surface area contributed by atoms with E-state index in [0.717, 1.165) is 121 Å². The number of carbonyl (C=O) groups is 4. The lowest BCUT2D eigenvalue weighted by Gasteiger charge is -2.21. The molecule has 0 fully saturated rings. The maximum Gasteiger partial charge on any atom is 0.472 e. The molecule has 548 valence electrons. The summed E-state index contributed by atoms with van der Waals surface area (Å²) in [7, 11) is -9.92. The zero-order valence-electron chi connectivity index (χ0n) is 60.2. The number of unbranched alkanes of at least 4 members (excludes halogenated alkanes) is 35. The molecular weight excluding hydrogens is 1220 g/mol. The molecule has 0 heterocycles. The topological polar surface area (TPSA) is 237 Å². The van der Waals surface area contributed by atoms with Gasteiger partial charge in [0.1, 0.15) is 19.3 Å². The average Bonchev–Trinajstić information content (AvgIpc) is 2.31. The number of hydrogen-bond donors (Lipinski definition) is 3. The SMILES string of the molecule is CCCCCC/C=C\C=C/CCCCCCCC(=O)OC[C@H](COP(=O)(O)OCC(O)COP(=O)(O)OC[C@@H](COC(=O)CCCCCCCCCC(C)C)OC(=O)CCCCCCCCCCCCCCCCCCC(C)C)OC(=O)CCCCCCCCC(C)C. The van der Waals surface area contributed by atoms with Crippen LogP contribution in [-0.4, -0.2) is 96.7 Å². The van der Waals surface area contributed by atoms with E-state index in [1.807, 2.05) is 0 Å². The van der Waals surface area contributed by atoms with Crippen LogP contribution in [0.2, 0.25) is 0 Å². The summed E-state index contributed by atoms with van der Waals surface area (Å²) in [5, 5.41) is 10.6. The molecule has 93 heavy (non-hydrogen) atoms. The van der Waals surface area contributed by atoms with Crippen LogP contribution < -0.4 is 0 Å². The summed E-state index contributed by atoms with van der Waals surface area (Å²) in [6.45, 7) is 11.7. The summed E-state index contributed by atoms with van der Waals surface area (Å²) >= 11 is 0. The number of aliphatic hydroxyl groups excluding tert-OH is 1. The minimum Gasteiger partial charge on any atom is -0.462 e. The number of phosphoric acid groups is 2. The van der Waals surface area contributed by atoms with E-state index in [4.69, 9.17) is 37.0 Å². The van der Waals surface area contributed by atoms with Gasteiger partial charge >= 0.3 is 39.5 Å². The molecule has 0 aliphatic heterocycles. The maximum atomic E-state index is 13.0. The second-order valence-corrected chi connectivity index (χ2v) is 30.3. The monoisotopic (exact) mass is 1360 g/mol. The Kier molecular flexibility index (Phi) is 62.5. The number of rotatable bonds is 70. The number of ether oxygens (including phenoxy) is 4. The highest BCUT2D eigenvalue weighted by Gasteiger charge is 2.30. The van der Waals surface area contributed by atoms with E-state index in [0.29, 0.717) is 37.5 Å². The summed E-state index contributed by atoms with van der Waals surface area (Å²) in [4.78, 5) is 72.6. The van der Waals surface area contributed by atoms with Crippen molar-refractivity contribution in [3.8, 4) is 0 Å². The van der Waals surface area contributed by atoms with Gasteiger partial charge in [0.05, 0.1) is 26.4 Å². The predicted molar refractivity (Wildman–Crippen MR) is 377 cm³/mol. The third kappa shape index (κ3) is 67.9. The highest BCUT2D eigenvalue weighted by atomic mass is 31.2. The van der Waals surface area contributed by atoms with E-state index in [2.05, 4.69) is 72.8 Å². The van der Waals surface area contributed by atoms with Crippen LogP contribution in [0, 0.1) is 17.8 Å². The van der Waals surface area contributed by atoms with Gasteiger partial charge in [0.2, 0.25) is 0 Å². The van der Waals surface area contributed by atoms with Gasteiger partial charge in [-0.3, -0.25) is 37.3 Å². The Morgan fingerprint density at radius 1 is 0.333 bits per heavy atom. The van der Waals surface area contributed by atoms with Gasteiger partial charge in [-0.2, -0.15) is 0 Å². The van der Waals surface area contributed by atoms with Crippen LogP contribution in [0.25, 0.3) is 0 Å². The fourth-order valence-electron chi connectivity index (χ4n) is 10.7. The third-order valence-corrected chi connectivity index (χ3v) is 18.4. The number of phosphoric ester groups is 2. The predicted octanol–water partition coefficient (Wildman–Crippen LogP) is 21.0. The standard InChI is InChI=1S/C74H140O17P2/c1-8-9-10-11-12-13-14-15-18-22-25-28-33-41-48-55-71(76)84-62-70(91-74(79)58-51-44-37-36-40-47-54-67(6)7)64-89-93(82,83)87-60-68(75)59-86-92(80,81)88-63-69(61-85-72(77)56-49-42-35-30-32-39-46-53-66(4)5)90-73(78)57-50-43-34-29-26-23-20-17-16-19-21-24-27-31-38-45-52-65(2)3/h13-15,18,65-70,75H,8-12,16-17,19-64H2,1-7H3,(H,80,81)(H,82,83)/b14-13-,18-15-/t68?,69-,70-/m1/s1. The molecule has 17 nitrogen and oxygen atoms in total. The smallest absolute Gasteiger partial charge is 0.462 e. The van der Waals surface area contributed by atoms with Crippen LogP contribution in [0.4, 0.5) is 0 Å². The normalized spacial score (nSPS) is 14.3. The van der Waals surface area contributed by atoms with Crippen molar-refractivity contribution < 1.29 is 80.2 Å². The summed E-state index contributed by atoms with van der Waals surface area (Å²) in [5.74, 6) is 0.0196. The molecule has 0 amide bonds. The number of carbonyl (C=O) groups excluding carboxylic acids is 4. The lowest BCUT2D eigenvalue weighted by molar-refractivity contribution is -0.161. The van der Waals surface area contributed by atoms with E-state index in [1.165, 1.54) is 135 Å². The van der Waals surface area contributed by atoms with E-state index >= 15 is 0 Å². The van der Waals surface area contributed by atoms with E-state index in [9.17, 15) is 43.2 Å². The van der Waals surface area contributed by atoms with Gasteiger partial charge in [-0.05, 0) is 69.1 Å². The van der Waals surface area contributed by atoms with Gasteiger partial charge in [-0.25, -0.2) is 9.13 Å². The molecule has 0 aromatic carbocycles. The van der Waals surface area contributed by atoms with Crippen molar-refractivity contribution in [1.29, 1.82) is 0 Å². The first kappa shape index (κ1) is 90.5. The van der Waals surface area contributed by atoms with Crippen molar-refractivity contribution in [3.05, 3.63) is 24.3 Å². The summed E-state index contributed by atoms with van der Waals surface area (Å²) in [6.07, 6.45) is 52.5. The van der Waals surface area contributed by atoms with Crippen LogP contribution >= 0.6 is 15.6 Å². The Labute approximate surface area is 567 Å². The molecule has 0 aliphatic carbocycles. The van der Waals surface area contributed by atoms with Gasteiger partial charge < -0.3 is 33.8 Å². The number of allylic oxidation sites excluding steroid dienone is 4. The molecule has 0 aromatic heterocycles. The minimum absolute atomic E-state index is 0.0950. The van der Waals surface area contributed by atoms with Gasteiger partial charge in [0, 0.05) is 25.7 Å². The molecule has 0 radical (unpaired) electrons.